The Hall–Kier alpha value is -1.31. The summed E-state index contributed by atoms with van der Waals surface area (Å²) in [5.41, 5.74) is 1.28. The second-order valence-electron chi connectivity index (χ2n) is 4.27. The Morgan fingerprint density at radius 3 is 2.40 bits per heavy atom. The van der Waals surface area contributed by atoms with Gasteiger partial charge in [0.25, 0.3) is 0 Å². The van der Waals surface area contributed by atoms with E-state index >= 15 is 0 Å². The molecule has 1 rings (SSSR count). The maximum absolute atomic E-state index is 10.7. The quantitative estimate of drug-likeness (QED) is 0.804. The number of aliphatic carboxylic acids is 1. The third-order valence-corrected chi connectivity index (χ3v) is 2.60. The third kappa shape index (κ3) is 4.15. The van der Waals surface area contributed by atoms with E-state index in [2.05, 4.69) is 19.1 Å². The summed E-state index contributed by atoms with van der Waals surface area (Å²) in [4.78, 5) is 10.7. The van der Waals surface area contributed by atoms with Crippen LogP contribution in [0.15, 0.2) is 30.3 Å². The van der Waals surface area contributed by atoms with Crippen molar-refractivity contribution in [2.45, 2.75) is 26.7 Å². The first-order valence-electron chi connectivity index (χ1n) is 5.36. The molecular formula is C13H18O2. The van der Waals surface area contributed by atoms with Gasteiger partial charge < -0.3 is 5.11 Å². The highest BCUT2D eigenvalue weighted by atomic mass is 16.4. The largest absolute Gasteiger partial charge is 0.481 e. The summed E-state index contributed by atoms with van der Waals surface area (Å²) in [6, 6.07) is 10.2. The van der Waals surface area contributed by atoms with Crippen LogP contribution in [0.25, 0.3) is 0 Å². The molecule has 0 aliphatic heterocycles. The molecule has 0 saturated carbocycles. The van der Waals surface area contributed by atoms with Crippen molar-refractivity contribution in [3.63, 3.8) is 0 Å². The van der Waals surface area contributed by atoms with Crippen molar-refractivity contribution in [1.29, 1.82) is 0 Å². The van der Waals surface area contributed by atoms with Gasteiger partial charge in [-0.15, -0.1) is 0 Å². The Labute approximate surface area is 90.9 Å². The van der Waals surface area contributed by atoms with E-state index in [-0.39, 0.29) is 5.92 Å². The zero-order valence-electron chi connectivity index (χ0n) is 9.31. The number of hydrogen-bond donors (Lipinski definition) is 1. The summed E-state index contributed by atoms with van der Waals surface area (Å²) in [6.45, 7) is 3.87. The van der Waals surface area contributed by atoms with Crippen LogP contribution in [0.1, 0.15) is 25.8 Å². The minimum Gasteiger partial charge on any atom is -0.481 e. The molecule has 0 saturated heterocycles. The van der Waals surface area contributed by atoms with E-state index in [1.54, 1.807) is 6.92 Å². The second-order valence-corrected chi connectivity index (χ2v) is 4.27. The fourth-order valence-electron chi connectivity index (χ4n) is 1.80. The Bertz CT molecular complexity index is 306. The number of carboxylic acids is 1. The minimum absolute atomic E-state index is 0.247. The second kappa shape index (κ2) is 5.54. The fourth-order valence-corrected chi connectivity index (χ4v) is 1.80. The molecule has 0 amide bonds. The molecule has 1 aromatic carbocycles. The molecule has 0 aliphatic rings. The monoisotopic (exact) mass is 206 g/mol. The molecule has 1 aromatic rings. The molecule has 2 heteroatoms. The van der Waals surface area contributed by atoms with Crippen LogP contribution >= 0.6 is 0 Å². The van der Waals surface area contributed by atoms with Gasteiger partial charge in [-0.1, -0.05) is 44.2 Å². The number of rotatable bonds is 5. The summed E-state index contributed by atoms with van der Waals surface area (Å²) >= 11 is 0. The van der Waals surface area contributed by atoms with Gasteiger partial charge in [-0.25, -0.2) is 0 Å². The van der Waals surface area contributed by atoms with Crippen molar-refractivity contribution >= 4 is 5.97 Å². The first kappa shape index (κ1) is 11.8. The summed E-state index contributed by atoms with van der Waals surface area (Å²) in [5.74, 6) is -0.530. The van der Waals surface area contributed by atoms with Gasteiger partial charge in [-0.2, -0.15) is 0 Å². The number of hydrogen-bond acceptors (Lipinski definition) is 1. The fraction of sp³-hybridized carbons (Fsp3) is 0.462. The lowest BCUT2D eigenvalue weighted by Crippen LogP contribution is -2.14. The Balaban J connectivity index is 2.43. The van der Waals surface area contributed by atoms with Crippen molar-refractivity contribution in [3.05, 3.63) is 35.9 Å². The van der Waals surface area contributed by atoms with Crippen LogP contribution in [0.5, 0.6) is 0 Å². The standard InChI is InChI=1S/C13H18O2/c1-10(8-11(2)13(14)15)9-12-6-4-3-5-7-12/h3-7,10-11H,8-9H2,1-2H3,(H,14,15)/t10-,11?/m1/s1. The number of carbonyl (C=O) groups is 1. The van der Waals surface area contributed by atoms with Gasteiger partial charge >= 0.3 is 5.97 Å². The van der Waals surface area contributed by atoms with Crippen molar-refractivity contribution in [3.8, 4) is 0 Å². The van der Waals surface area contributed by atoms with E-state index in [1.165, 1.54) is 5.56 Å². The van der Waals surface area contributed by atoms with Crippen molar-refractivity contribution in [2.24, 2.45) is 11.8 Å². The lowest BCUT2D eigenvalue weighted by Gasteiger charge is -2.13. The van der Waals surface area contributed by atoms with Gasteiger partial charge in [0.2, 0.25) is 0 Å². The zero-order valence-corrected chi connectivity index (χ0v) is 9.31. The Morgan fingerprint density at radius 2 is 1.87 bits per heavy atom. The van der Waals surface area contributed by atoms with Gasteiger partial charge in [0.05, 0.1) is 5.92 Å². The maximum Gasteiger partial charge on any atom is 0.306 e. The molecule has 1 N–H and O–H groups in total. The van der Waals surface area contributed by atoms with Gasteiger partial charge in [-0.05, 0) is 24.3 Å². The molecular weight excluding hydrogens is 188 g/mol. The molecule has 2 nitrogen and oxygen atoms in total. The van der Waals surface area contributed by atoms with E-state index in [0.717, 1.165) is 12.8 Å². The first-order chi connectivity index (χ1) is 7.09. The van der Waals surface area contributed by atoms with E-state index < -0.39 is 5.97 Å². The average Bonchev–Trinajstić information content (AvgIpc) is 2.18. The molecule has 82 valence electrons. The van der Waals surface area contributed by atoms with E-state index in [4.69, 9.17) is 5.11 Å². The molecule has 2 atom stereocenters. The van der Waals surface area contributed by atoms with Crippen LogP contribution in [0, 0.1) is 11.8 Å². The lowest BCUT2D eigenvalue weighted by atomic mass is 9.92. The smallest absolute Gasteiger partial charge is 0.306 e. The third-order valence-electron chi connectivity index (χ3n) is 2.60. The predicted molar refractivity (Wildman–Crippen MR) is 60.7 cm³/mol. The van der Waals surface area contributed by atoms with E-state index in [9.17, 15) is 4.79 Å². The molecule has 0 fully saturated rings. The van der Waals surface area contributed by atoms with Gasteiger partial charge in [0, 0.05) is 0 Å². The van der Waals surface area contributed by atoms with Crippen LogP contribution in [-0.4, -0.2) is 11.1 Å². The molecule has 15 heavy (non-hydrogen) atoms. The van der Waals surface area contributed by atoms with Crippen molar-refractivity contribution in [2.75, 3.05) is 0 Å². The molecule has 0 aromatic heterocycles. The van der Waals surface area contributed by atoms with Crippen LogP contribution in [0.2, 0.25) is 0 Å². The number of benzene rings is 1. The molecule has 0 spiro atoms. The first-order valence-corrected chi connectivity index (χ1v) is 5.36. The summed E-state index contributed by atoms with van der Waals surface area (Å²) in [5, 5.41) is 8.80. The molecule has 0 aliphatic carbocycles. The summed E-state index contributed by atoms with van der Waals surface area (Å²) in [6.07, 6.45) is 1.70. The normalized spacial score (nSPS) is 14.5. The highest BCUT2D eigenvalue weighted by Crippen LogP contribution is 2.16. The minimum atomic E-state index is -0.699. The number of carboxylic acid groups (broad SMARTS) is 1. The Kier molecular flexibility index (Phi) is 4.35. The van der Waals surface area contributed by atoms with Crippen molar-refractivity contribution < 1.29 is 9.90 Å². The van der Waals surface area contributed by atoms with Crippen LogP contribution in [-0.2, 0) is 11.2 Å². The van der Waals surface area contributed by atoms with Crippen LogP contribution in [0.4, 0.5) is 0 Å². The van der Waals surface area contributed by atoms with Gasteiger partial charge in [-0.3, -0.25) is 4.79 Å². The predicted octanol–water partition coefficient (Wildman–Crippen LogP) is 2.98. The SMILES string of the molecule is CC(C[C@@H](C)Cc1ccccc1)C(=O)O. The van der Waals surface area contributed by atoms with Gasteiger partial charge in [0.1, 0.15) is 0 Å². The van der Waals surface area contributed by atoms with E-state index in [1.807, 2.05) is 18.2 Å². The van der Waals surface area contributed by atoms with Crippen molar-refractivity contribution in [1.82, 2.24) is 0 Å². The van der Waals surface area contributed by atoms with Crippen LogP contribution < -0.4 is 0 Å². The summed E-state index contributed by atoms with van der Waals surface area (Å²) in [7, 11) is 0. The molecule has 0 heterocycles. The maximum atomic E-state index is 10.7. The Morgan fingerprint density at radius 1 is 1.27 bits per heavy atom. The molecule has 0 radical (unpaired) electrons. The van der Waals surface area contributed by atoms with Crippen LogP contribution in [0.3, 0.4) is 0 Å². The highest BCUT2D eigenvalue weighted by Gasteiger charge is 2.15. The summed E-state index contributed by atoms with van der Waals surface area (Å²) < 4.78 is 0. The molecule has 0 bridgehead atoms. The van der Waals surface area contributed by atoms with Gasteiger partial charge in [0.15, 0.2) is 0 Å². The average molecular weight is 206 g/mol. The lowest BCUT2D eigenvalue weighted by molar-refractivity contribution is -0.141. The molecule has 1 unspecified atom stereocenters. The highest BCUT2D eigenvalue weighted by molar-refractivity contribution is 5.69. The zero-order chi connectivity index (χ0) is 11.3. The van der Waals surface area contributed by atoms with E-state index in [0.29, 0.717) is 5.92 Å². The topological polar surface area (TPSA) is 37.3 Å².